The first-order valence-electron chi connectivity index (χ1n) is 7.18. The van der Waals surface area contributed by atoms with Crippen LogP contribution in [0.5, 0.6) is 0 Å². The number of fused-ring (bicyclic) bond motifs is 1. The van der Waals surface area contributed by atoms with E-state index in [0.717, 1.165) is 25.9 Å². The van der Waals surface area contributed by atoms with Crippen molar-refractivity contribution in [1.82, 2.24) is 14.5 Å². The summed E-state index contributed by atoms with van der Waals surface area (Å²) in [6.45, 7) is 2.29. The predicted molar refractivity (Wildman–Crippen MR) is 84.1 cm³/mol. The lowest BCUT2D eigenvalue weighted by Crippen LogP contribution is -2.43. The van der Waals surface area contributed by atoms with Gasteiger partial charge in [0.2, 0.25) is 0 Å². The van der Waals surface area contributed by atoms with Crippen LogP contribution in [-0.2, 0) is 13.6 Å². The highest BCUT2D eigenvalue weighted by Gasteiger charge is 2.18. The number of rotatable bonds is 2. The van der Waals surface area contributed by atoms with Crippen LogP contribution in [0.1, 0.15) is 12.8 Å². The summed E-state index contributed by atoms with van der Waals surface area (Å²) in [6.07, 6.45) is 2.11. The van der Waals surface area contributed by atoms with E-state index < -0.39 is 0 Å². The third-order valence-electron chi connectivity index (χ3n) is 4.17. The first-order valence-corrected chi connectivity index (χ1v) is 7.56. The Morgan fingerprint density at radius 3 is 2.90 bits per heavy atom. The fourth-order valence-electron chi connectivity index (χ4n) is 3.01. The van der Waals surface area contributed by atoms with Gasteiger partial charge >= 0.3 is 5.69 Å². The first kappa shape index (κ1) is 14.4. The van der Waals surface area contributed by atoms with Crippen LogP contribution in [0.15, 0.2) is 27.8 Å². The Bertz CT molecular complexity index is 788. The third kappa shape index (κ3) is 2.51. The molecule has 3 rings (SSSR count). The highest BCUT2D eigenvalue weighted by atomic mass is 35.5. The van der Waals surface area contributed by atoms with Crippen molar-refractivity contribution in [1.29, 1.82) is 0 Å². The van der Waals surface area contributed by atoms with Gasteiger partial charge in [-0.05, 0) is 44.0 Å². The first-order chi connectivity index (χ1) is 10.1. The lowest BCUT2D eigenvalue weighted by Gasteiger charge is -2.23. The van der Waals surface area contributed by atoms with E-state index in [1.54, 1.807) is 25.2 Å². The molecule has 0 saturated carbocycles. The number of aryl methyl sites for hydroxylation is 1. The maximum atomic E-state index is 12.6. The molecule has 0 spiro atoms. The van der Waals surface area contributed by atoms with Gasteiger partial charge in [0.1, 0.15) is 0 Å². The molecular formula is C15H18ClN3O2. The summed E-state index contributed by atoms with van der Waals surface area (Å²) in [6, 6.07) is 5.18. The smallest absolute Gasteiger partial charge is 0.316 e. The second-order valence-corrected chi connectivity index (χ2v) is 6.01. The van der Waals surface area contributed by atoms with E-state index in [1.807, 2.05) is 0 Å². The number of hydrogen-bond donors (Lipinski definition) is 1. The zero-order valence-corrected chi connectivity index (χ0v) is 12.7. The lowest BCUT2D eigenvalue weighted by molar-refractivity contribution is 0.327. The van der Waals surface area contributed by atoms with Crippen molar-refractivity contribution in [3.05, 3.63) is 44.1 Å². The molecule has 1 aromatic heterocycles. The summed E-state index contributed by atoms with van der Waals surface area (Å²) >= 11 is 6.16. The van der Waals surface area contributed by atoms with Crippen molar-refractivity contribution in [3.63, 3.8) is 0 Å². The molecule has 1 aliphatic heterocycles. The second-order valence-electron chi connectivity index (χ2n) is 5.60. The molecule has 2 heterocycles. The van der Waals surface area contributed by atoms with E-state index in [2.05, 4.69) is 5.32 Å². The van der Waals surface area contributed by atoms with E-state index in [4.69, 9.17) is 11.6 Å². The largest absolute Gasteiger partial charge is 0.331 e. The summed E-state index contributed by atoms with van der Waals surface area (Å²) < 4.78 is 2.82. The number of nitrogens with zero attached hydrogens (tertiary/aromatic N) is 2. The number of hydrogen-bond acceptors (Lipinski definition) is 3. The molecule has 1 aliphatic rings. The monoisotopic (exact) mass is 307 g/mol. The van der Waals surface area contributed by atoms with E-state index in [-0.39, 0.29) is 11.2 Å². The van der Waals surface area contributed by atoms with Gasteiger partial charge in [0.05, 0.1) is 15.9 Å². The molecule has 0 aliphatic carbocycles. The van der Waals surface area contributed by atoms with Gasteiger partial charge < -0.3 is 5.32 Å². The summed E-state index contributed by atoms with van der Waals surface area (Å²) in [4.78, 5) is 25.1. The molecule has 6 heteroatoms. The molecule has 5 nitrogen and oxygen atoms in total. The molecule has 0 bridgehead atoms. The number of aromatic nitrogens is 2. The second kappa shape index (κ2) is 5.66. The van der Waals surface area contributed by atoms with Crippen molar-refractivity contribution >= 4 is 22.5 Å². The quantitative estimate of drug-likeness (QED) is 0.911. The summed E-state index contributed by atoms with van der Waals surface area (Å²) in [5.41, 5.74) is 0.0140. The van der Waals surface area contributed by atoms with Crippen LogP contribution < -0.4 is 16.6 Å². The highest BCUT2D eigenvalue weighted by Crippen LogP contribution is 2.18. The molecule has 2 aromatic rings. The Morgan fingerprint density at radius 1 is 1.38 bits per heavy atom. The van der Waals surface area contributed by atoms with E-state index in [1.165, 1.54) is 9.13 Å². The molecule has 1 saturated heterocycles. The van der Waals surface area contributed by atoms with Gasteiger partial charge in [-0.2, -0.15) is 0 Å². The fraction of sp³-hybridized carbons (Fsp3) is 0.467. The predicted octanol–water partition coefficient (Wildman–Crippen LogP) is 1.35. The van der Waals surface area contributed by atoms with Crippen LogP contribution >= 0.6 is 11.6 Å². The van der Waals surface area contributed by atoms with E-state index in [0.29, 0.717) is 28.4 Å². The zero-order chi connectivity index (χ0) is 15.0. The molecule has 112 valence electrons. The van der Waals surface area contributed by atoms with Gasteiger partial charge in [-0.15, -0.1) is 0 Å². The Morgan fingerprint density at radius 2 is 2.19 bits per heavy atom. The van der Waals surface area contributed by atoms with E-state index in [9.17, 15) is 9.59 Å². The average molecular weight is 308 g/mol. The Kier molecular flexibility index (Phi) is 3.87. The maximum Gasteiger partial charge on any atom is 0.331 e. The molecule has 1 aromatic carbocycles. The topological polar surface area (TPSA) is 56.0 Å². The lowest BCUT2D eigenvalue weighted by atomic mass is 10.00. The normalized spacial score (nSPS) is 19.0. The maximum absolute atomic E-state index is 12.6. The van der Waals surface area contributed by atoms with Gasteiger partial charge in [-0.3, -0.25) is 13.9 Å². The van der Waals surface area contributed by atoms with Gasteiger partial charge in [0, 0.05) is 13.6 Å². The Balaban J connectivity index is 2.16. The van der Waals surface area contributed by atoms with Crippen LogP contribution in [0.25, 0.3) is 10.9 Å². The van der Waals surface area contributed by atoms with Gasteiger partial charge in [-0.25, -0.2) is 4.79 Å². The van der Waals surface area contributed by atoms with Crippen molar-refractivity contribution in [2.45, 2.75) is 19.4 Å². The zero-order valence-electron chi connectivity index (χ0n) is 11.9. The molecule has 1 fully saturated rings. The molecule has 1 N–H and O–H groups in total. The molecule has 1 unspecified atom stereocenters. The SMILES string of the molecule is Cn1c(=O)n(CC2CCCNC2)c(=O)c2c(Cl)cccc21. The summed E-state index contributed by atoms with van der Waals surface area (Å²) in [7, 11) is 1.68. The molecule has 21 heavy (non-hydrogen) atoms. The number of benzene rings is 1. The Hall–Kier alpha value is -1.59. The summed E-state index contributed by atoms with van der Waals surface area (Å²) in [5.74, 6) is 0.309. The minimum absolute atomic E-state index is 0.277. The number of piperidine rings is 1. The van der Waals surface area contributed by atoms with E-state index >= 15 is 0 Å². The van der Waals surface area contributed by atoms with Gasteiger partial charge in [0.15, 0.2) is 0 Å². The van der Waals surface area contributed by atoms with Crippen LogP contribution in [0, 0.1) is 5.92 Å². The van der Waals surface area contributed by atoms with Crippen molar-refractivity contribution in [2.24, 2.45) is 13.0 Å². The van der Waals surface area contributed by atoms with Crippen LogP contribution in [0.4, 0.5) is 0 Å². The minimum Gasteiger partial charge on any atom is -0.316 e. The van der Waals surface area contributed by atoms with Gasteiger partial charge in [0.25, 0.3) is 5.56 Å². The molecule has 0 amide bonds. The van der Waals surface area contributed by atoms with Gasteiger partial charge in [-0.1, -0.05) is 17.7 Å². The molecular weight excluding hydrogens is 290 g/mol. The van der Waals surface area contributed by atoms with Crippen LogP contribution in [0.2, 0.25) is 5.02 Å². The van der Waals surface area contributed by atoms with Crippen LogP contribution in [-0.4, -0.2) is 22.2 Å². The number of halogens is 1. The third-order valence-corrected chi connectivity index (χ3v) is 4.48. The van der Waals surface area contributed by atoms with Crippen LogP contribution in [0.3, 0.4) is 0 Å². The fourth-order valence-corrected chi connectivity index (χ4v) is 3.26. The van der Waals surface area contributed by atoms with Crippen molar-refractivity contribution < 1.29 is 0 Å². The van der Waals surface area contributed by atoms with Crippen molar-refractivity contribution in [2.75, 3.05) is 13.1 Å². The molecule has 0 radical (unpaired) electrons. The minimum atomic E-state index is -0.288. The Labute approximate surface area is 127 Å². The molecule has 1 atom stereocenters. The van der Waals surface area contributed by atoms with Crippen molar-refractivity contribution in [3.8, 4) is 0 Å². The average Bonchev–Trinajstić information content (AvgIpc) is 2.50. The standard InChI is InChI=1S/C15H18ClN3O2/c1-18-12-6-2-5-11(16)13(12)14(20)19(15(18)21)9-10-4-3-7-17-8-10/h2,5-6,10,17H,3-4,7-9H2,1H3. The summed E-state index contributed by atoms with van der Waals surface area (Å²) in [5, 5.41) is 4.12. The number of nitrogens with one attached hydrogen (secondary N) is 1. The highest BCUT2D eigenvalue weighted by molar-refractivity contribution is 6.35.